The van der Waals surface area contributed by atoms with Crippen LogP contribution in [-0.2, 0) is 11.2 Å². The van der Waals surface area contributed by atoms with Crippen LogP contribution in [-0.4, -0.2) is 19.0 Å². The summed E-state index contributed by atoms with van der Waals surface area (Å²) >= 11 is 11.7. The molecule has 1 aromatic rings. The molecule has 0 aliphatic rings. The summed E-state index contributed by atoms with van der Waals surface area (Å²) in [5.74, 6) is -1.06. The summed E-state index contributed by atoms with van der Waals surface area (Å²) in [5, 5.41) is 9.06. The molecule has 0 spiro atoms. The van der Waals surface area contributed by atoms with E-state index in [4.69, 9.17) is 16.9 Å². The van der Waals surface area contributed by atoms with Crippen molar-refractivity contribution in [3.8, 4) is 0 Å². The second-order valence-corrected chi connectivity index (χ2v) is 5.73. The fourth-order valence-corrected chi connectivity index (χ4v) is 1.81. The Labute approximate surface area is 110 Å². The summed E-state index contributed by atoms with van der Waals surface area (Å²) in [6, 6.07) is 9.24. The molecule has 1 rings (SSSR count). The highest BCUT2D eigenvalue weighted by Gasteiger charge is 2.41. The summed E-state index contributed by atoms with van der Waals surface area (Å²) in [4.78, 5) is 11.1. The Kier molecular flexibility index (Phi) is 4.58. The summed E-state index contributed by atoms with van der Waals surface area (Å²) in [5.41, 5.74) is 0.877. The molecular formula is C9H8Br2ClNO2. The Morgan fingerprint density at radius 2 is 2.00 bits per heavy atom. The SMILES string of the molecule is O=C(O)[C@](Br)(Cc1ccccc1)N(Cl)Br. The average molecular weight is 357 g/mol. The third-order valence-corrected chi connectivity index (χ3v) is 4.43. The van der Waals surface area contributed by atoms with Gasteiger partial charge in [0.25, 0.3) is 0 Å². The molecule has 0 aromatic heterocycles. The van der Waals surface area contributed by atoms with Crippen molar-refractivity contribution >= 4 is 49.8 Å². The Balaban J connectivity index is 2.90. The van der Waals surface area contributed by atoms with E-state index in [0.29, 0.717) is 0 Å². The predicted molar refractivity (Wildman–Crippen MR) is 66.1 cm³/mol. The molecule has 0 aliphatic heterocycles. The van der Waals surface area contributed by atoms with Crippen LogP contribution >= 0.6 is 43.9 Å². The van der Waals surface area contributed by atoms with Crippen LogP contribution in [0, 0.1) is 0 Å². The van der Waals surface area contributed by atoms with Gasteiger partial charge in [0.05, 0.1) is 0 Å². The lowest BCUT2D eigenvalue weighted by molar-refractivity contribution is -0.141. The highest BCUT2D eigenvalue weighted by molar-refractivity contribution is 9.12. The van der Waals surface area contributed by atoms with Crippen LogP contribution < -0.4 is 0 Å². The van der Waals surface area contributed by atoms with Gasteiger partial charge in [-0.1, -0.05) is 46.3 Å². The van der Waals surface area contributed by atoms with E-state index in [2.05, 4.69) is 32.1 Å². The van der Waals surface area contributed by atoms with Crippen LogP contribution in [0.25, 0.3) is 0 Å². The normalized spacial score (nSPS) is 14.9. The van der Waals surface area contributed by atoms with Crippen molar-refractivity contribution in [3.05, 3.63) is 35.9 Å². The number of aliphatic carboxylic acids is 1. The molecule has 82 valence electrons. The van der Waals surface area contributed by atoms with Crippen molar-refractivity contribution in [2.75, 3.05) is 0 Å². The first-order valence-electron chi connectivity index (χ1n) is 4.05. The molecule has 0 radical (unpaired) electrons. The fraction of sp³-hybridized carbons (Fsp3) is 0.222. The number of benzene rings is 1. The van der Waals surface area contributed by atoms with Crippen LogP contribution in [0.2, 0.25) is 0 Å². The first kappa shape index (κ1) is 13.0. The Morgan fingerprint density at radius 1 is 1.47 bits per heavy atom. The maximum atomic E-state index is 11.1. The van der Waals surface area contributed by atoms with Gasteiger partial charge in [-0.25, -0.2) is 4.79 Å². The second-order valence-electron chi connectivity index (χ2n) is 2.96. The van der Waals surface area contributed by atoms with Crippen molar-refractivity contribution in [3.63, 3.8) is 0 Å². The minimum atomic E-state index is -1.35. The second kappa shape index (κ2) is 5.30. The maximum absolute atomic E-state index is 11.1. The monoisotopic (exact) mass is 355 g/mol. The van der Waals surface area contributed by atoms with E-state index in [1.54, 1.807) is 0 Å². The molecular weight excluding hydrogens is 349 g/mol. The number of nitrogens with zero attached hydrogens (tertiary/aromatic N) is 1. The van der Waals surface area contributed by atoms with Crippen LogP contribution in [0.3, 0.4) is 0 Å². The number of carbonyl (C=O) groups is 1. The molecule has 1 aromatic carbocycles. The molecule has 0 aliphatic carbocycles. The zero-order valence-corrected chi connectivity index (χ0v) is 11.5. The summed E-state index contributed by atoms with van der Waals surface area (Å²) < 4.78 is -0.411. The first-order chi connectivity index (χ1) is 6.97. The van der Waals surface area contributed by atoms with Crippen molar-refractivity contribution in [2.45, 2.75) is 10.9 Å². The molecule has 0 bridgehead atoms. The summed E-state index contributed by atoms with van der Waals surface area (Å²) in [6.07, 6.45) is 0.248. The van der Waals surface area contributed by atoms with Crippen LogP contribution in [0.5, 0.6) is 0 Å². The average Bonchev–Trinajstić information content (AvgIpc) is 2.18. The van der Waals surface area contributed by atoms with Gasteiger partial charge in [-0.15, -0.1) is 3.45 Å². The number of halogens is 3. The third kappa shape index (κ3) is 3.17. The maximum Gasteiger partial charge on any atom is 0.337 e. The van der Waals surface area contributed by atoms with E-state index in [0.717, 1.165) is 9.01 Å². The molecule has 0 saturated heterocycles. The van der Waals surface area contributed by atoms with E-state index in [1.807, 2.05) is 30.3 Å². The van der Waals surface area contributed by atoms with E-state index in [-0.39, 0.29) is 6.42 Å². The Morgan fingerprint density at radius 3 is 2.40 bits per heavy atom. The standard InChI is InChI=1S/C9H8Br2ClNO2/c10-9(8(14)15,13(11)12)6-7-4-2-1-3-5-7/h1-5H,6H2,(H,14,15)/t9-/m0/s1. The molecule has 0 saturated carbocycles. The van der Waals surface area contributed by atoms with Gasteiger partial charge in [-0.2, -0.15) is 0 Å². The lowest BCUT2D eigenvalue weighted by Crippen LogP contribution is -2.42. The Bertz CT molecular complexity index is 347. The van der Waals surface area contributed by atoms with Gasteiger partial charge in [-0.05, 0) is 17.3 Å². The zero-order chi connectivity index (χ0) is 11.5. The molecule has 1 N–H and O–H groups in total. The van der Waals surface area contributed by atoms with Crippen LogP contribution in [0.15, 0.2) is 30.3 Å². The van der Waals surface area contributed by atoms with E-state index < -0.39 is 10.4 Å². The number of alkyl halides is 1. The summed E-state index contributed by atoms with van der Waals surface area (Å²) in [6.45, 7) is 0. The first-order valence-corrected chi connectivity index (χ1v) is 5.89. The molecule has 0 fully saturated rings. The molecule has 1 atom stereocenters. The van der Waals surface area contributed by atoms with Gasteiger partial charge in [0, 0.05) is 22.6 Å². The van der Waals surface area contributed by atoms with Gasteiger partial charge >= 0.3 is 5.97 Å². The largest absolute Gasteiger partial charge is 0.479 e. The van der Waals surface area contributed by atoms with Gasteiger partial charge in [0.1, 0.15) is 0 Å². The molecule has 0 amide bonds. The topological polar surface area (TPSA) is 40.5 Å². The van der Waals surface area contributed by atoms with E-state index in [9.17, 15) is 4.79 Å². The van der Waals surface area contributed by atoms with E-state index in [1.165, 1.54) is 0 Å². The quantitative estimate of drug-likeness (QED) is 0.511. The number of hydrogen-bond donors (Lipinski definition) is 1. The molecule has 0 heterocycles. The van der Waals surface area contributed by atoms with Crippen LogP contribution in [0.4, 0.5) is 0 Å². The predicted octanol–water partition coefficient (Wildman–Crippen LogP) is 3.17. The highest BCUT2D eigenvalue weighted by Crippen LogP contribution is 2.33. The van der Waals surface area contributed by atoms with Crippen molar-refractivity contribution < 1.29 is 9.90 Å². The number of hydrogen-bond acceptors (Lipinski definition) is 2. The number of carboxylic acids is 1. The van der Waals surface area contributed by atoms with Crippen LogP contribution in [0.1, 0.15) is 5.56 Å². The number of carboxylic acid groups (broad SMARTS) is 1. The molecule has 6 heteroatoms. The highest BCUT2D eigenvalue weighted by atomic mass is 79.9. The minimum absolute atomic E-state index is 0.248. The lowest BCUT2D eigenvalue weighted by atomic mass is 10.1. The molecule has 0 unspecified atom stereocenters. The third-order valence-electron chi connectivity index (χ3n) is 1.88. The van der Waals surface area contributed by atoms with Gasteiger partial charge in [0.15, 0.2) is 0 Å². The van der Waals surface area contributed by atoms with Gasteiger partial charge in [-0.3, -0.25) is 0 Å². The fourth-order valence-electron chi connectivity index (χ4n) is 1.07. The zero-order valence-electron chi connectivity index (χ0n) is 7.53. The van der Waals surface area contributed by atoms with Crippen molar-refractivity contribution in [2.24, 2.45) is 0 Å². The van der Waals surface area contributed by atoms with Gasteiger partial charge in [0.2, 0.25) is 4.45 Å². The Hall–Kier alpha value is -0.100. The lowest BCUT2D eigenvalue weighted by Gasteiger charge is -2.25. The number of rotatable bonds is 4. The molecule has 15 heavy (non-hydrogen) atoms. The van der Waals surface area contributed by atoms with Gasteiger partial charge < -0.3 is 5.11 Å². The van der Waals surface area contributed by atoms with E-state index >= 15 is 0 Å². The van der Waals surface area contributed by atoms with Crippen molar-refractivity contribution in [1.29, 1.82) is 0 Å². The molecule has 3 nitrogen and oxygen atoms in total. The smallest absolute Gasteiger partial charge is 0.337 e. The summed E-state index contributed by atoms with van der Waals surface area (Å²) in [7, 11) is 0. The van der Waals surface area contributed by atoms with Crippen molar-refractivity contribution in [1.82, 2.24) is 3.45 Å². The minimum Gasteiger partial charge on any atom is -0.479 e.